The minimum atomic E-state index is -0.496. The molecule has 0 atom stereocenters. The van der Waals surface area contributed by atoms with E-state index in [2.05, 4.69) is 21.9 Å². The van der Waals surface area contributed by atoms with Crippen molar-refractivity contribution in [3.63, 3.8) is 0 Å². The van der Waals surface area contributed by atoms with Crippen molar-refractivity contribution in [1.82, 2.24) is 4.90 Å². The van der Waals surface area contributed by atoms with Crippen LogP contribution in [0, 0.1) is 0 Å². The molecule has 1 aliphatic heterocycles. The van der Waals surface area contributed by atoms with Crippen molar-refractivity contribution in [2.24, 2.45) is 5.73 Å². The molecule has 0 unspecified atom stereocenters. The zero-order valence-electron chi connectivity index (χ0n) is 15.3. The summed E-state index contributed by atoms with van der Waals surface area (Å²) >= 11 is 5.65. The number of primary amides is 1. The number of piperazine rings is 1. The number of methoxy groups -OCH3 is 1. The molecule has 1 fully saturated rings. The van der Waals surface area contributed by atoms with Crippen molar-refractivity contribution in [2.75, 3.05) is 44.8 Å². The molecule has 1 aliphatic rings. The number of nitrogens with zero attached hydrogens (tertiary/aromatic N) is 2. The van der Waals surface area contributed by atoms with Crippen LogP contribution in [0.3, 0.4) is 0 Å². The highest BCUT2D eigenvalue weighted by Gasteiger charge is 2.20. The van der Waals surface area contributed by atoms with Crippen molar-refractivity contribution < 1.29 is 14.3 Å². The molecular formula is C20H23N3O3S. The second kappa shape index (κ2) is 8.73. The van der Waals surface area contributed by atoms with Gasteiger partial charge in [0.25, 0.3) is 5.91 Å². The Morgan fingerprint density at radius 3 is 2.15 bits per heavy atom. The molecule has 0 spiro atoms. The summed E-state index contributed by atoms with van der Waals surface area (Å²) < 4.78 is 10.5. The summed E-state index contributed by atoms with van der Waals surface area (Å²) in [6.07, 6.45) is 0. The summed E-state index contributed by atoms with van der Waals surface area (Å²) in [4.78, 5) is 16.2. The zero-order valence-corrected chi connectivity index (χ0v) is 16.1. The normalized spacial score (nSPS) is 14.0. The number of rotatable bonds is 6. The summed E-state index contributed by atoms with van der Waals surface area (Å²) in [6.45, 7) is 3.42. The van der Waals surface area contributed by atoms with Crippen LogP contribution >= 0.6 is 12.2 Å². The fourth-order valence-corrected chi connectivity index (χ4v) is 3.31. The van der Waals surface area contributed by atoms with E-state index < -0.39 is 5.91 Å². The van der Waals surface area contributed by atoms with Crippen LogP contribution in [0.25, 0.3) is 0 Å². The number of benzene rings is 2. The van der Waals surface area contributed by atoms with Gasteiger partial charge >= 0.3 is 0 Å². The molecule has 0 aromatic heterocycles. The second-order valence-corrected chi connectivity index (χ2v) is 6.64. The van der Waals surface area contributed by atoms with Crippen molar-refractivity contribution in [1.29, 1.82) is 0 Å². The third-order valence-electron chi connectivity index (χ3n) is 4.49. The van der Waals surface area contributed by atoms with E-state index in [1.807, 2.05) is 24.3 Å². The highest BCUT2D eigenvalue weighted by molar-refractivity contribution is 7.80. The van der Waals surface area contributed by atoms with E-state index in [0.29, 0.717) is 5.75 Å². The molecule has 7 heteroatoms. The standard InChI is InChI=1S/C20H23N3O3S/c1-25-17-8-4-16(5-9-17)22-10-12-23(13-11-22)20(27)15-2-6-18(7-3-15)26-14-19(21)24/h2-9H,10-14H2,1H3,(H2,21,24). The smallest absolute Gasteiger partial charge is 0.255 e. The lowest BCUT2D eigenvalue weighted by Crippen LogP contribution is -2.48. The third-order valence-corrected chi connectivity index (χ3v) is 4.98. The number of carbonyl (C=O) groups excluding carboxylic acids is 1. The quantitative estimate of drug-likeness (QED) is 0.768. The highest BCUT2D eigenvalue weighted by Crippen LogP contribution is 2.21. The Balaban J connectivity index is 1.55. The Hall–Kier alpha value is -2.80. The average Bonchev–Trinajstić information content (AvgIpc) is 2.72. The Morgan fingerprint density at radius 2 is 1.59 bits per heavy atom. The summed E-state index contributed by atoms with van der Waals surface area (Å²) in [7, 11) is 1.67. The molecule has 0 bridgehead atoms. The molecule has 3 rings (SSSR count). The number of hydrogen-bond acceptors (Lipinski definition) is 5. The lowest BCUT2D eigenvalue weighted by Gasteiger charge is -2.37. The van der Waals surface area contributed by atoms with Crippen molar-refractivity contribution in [3.8, 4) is 11.5 Å². The number of hydrogen-bond donors (Lipinski definition) is 1. The Labute approximate surface area is 164 Å². The highest BCUT2D eigenvalue weighted by atomic mass is 32.1. The summed E-state index contributed by atoms with van der Waals surface area (Å²) in [5.41, 5.74) is 7.24. The van der Waals surface area contributed by atoms with Gasteiger partial charge < -0.3 is 25.0 Å². The molecule has 27 heavy (non-hydrogen) atoms. The first-order valence-electron chi connectivity index (χ1n) is 8.76. The van der Waals surface area contributed by atoms with E-state index in [9.17, 15) is 4.79 Å². The zero-order chi connectivity index (χ0) is 19.2. The van der Waals surface area contributed by atoms with Crippen LogP contribution in [0.2, 0.25) is 0 Å². The predicted molar refractivity (Wildman–Crippen MR) is 110 cm³/mol. The molecule has 2 N–H and O–H groups in total. The number of thiocarbonyl (C=S) groups is 1. The Bertz CT molecular complexity index is 785. The van der Waals surface area contributed by atoms with Gasteiger partial charge in [-0.15, -0.1) is 0 Å². The van der Waals surface area contributed by atoms with Gasteiger partial charge in [0, 0.05) is 37.4 Å². The van der Waals surface area contributed by atoms with Gasteiger partial charge in [0.2, 0.25) is 0 Å². The van der Waals surface area contributed by atoms with Gasteiger partial charge in [-0.05, 0) is 48.5 Å². The van der Waals surface area contributed by atoms with Gasteiger partial charge in [0.05, 0.1) is 7.11 Å². The minimum Gasteiger partial charge on any atom is -0.497 e. The van der Waals surface area contributed by atoms with Crippen LogP contribution < -0.4 is 20.1 Å². The van der Waals surface area contributed by atoms with E-state index in [0.717, 1.165) is 42.5 Å². The minimum absolute atomic E-state index is 0.128. The molecule has 1 heterocycles. The second-order valence-electron chi connectivity index (χ2n) is 6.26. The van der Waals surface area contributed by atoms with Gasteiger partial charge in [-0.2, -0.15) is 0 Å². The predicted octanol–water partition coefficient (Wildman–Crippen LogP) is 2.06. The Kier molecular flexibility index (Phi) is 6.13. The lowest BCUT2D eigenvalue weighted by atomic mass is 10.1. The molecule has 2 aromatic carbocycles. The maximum atomic E-state index is 10.8. The van der Waals surface area contributed by atoms with Gasteiger partial charge in [-0.25, -0.2) is 0 Å². The third kappa shape index (κ3) is 4.89. The molecule has 2 aromatic rings. The van der Waals surface area contributed by atoms with Gasteiger partial charge in [-0.3, -0.25) is 4.79 Å². The molecule has 0 saturated carbocycles. The fraction of sp³-hybridized carbons (Fsp3) is 0.300. The van der Waals surface area contributed by atoms with E-state index >= 15 is 0 Å². The molecule has 6 nitrogen and oxygen atoms in total. The molecule has 0 radical (unpaired) electrons. The summed E-state index contributed by atoms with van der Waals surface area (Å²) in [5.74, 6) is 0.968. The van der Waals surface area contributed by atoms with Crippen LogP contribution in [-0.4, -0.2) is 55.7 Å². The van der Waals surface area contributed by atoms with Crippen LogP contribution in [0.4, 0.5) is 5.69 Å². The first-order valence-corrected chi connectivity index (χ1v) is 9.17. The summed E-state index contributed by atoms with van der Waals surface area (Å²) in [5, 5.41) is 0. The monoisotopic (exact) mass is 385 g/mol. The number of amides is 1. The molecular weight excluding hydrogens is 362 g/mol. The Morgan fingerprint density at radius 1 is 1.00 bits per heavy atom. The number of anilines is 1. The van der Waals surface area contributed by atoms with Gasteiger partial charge in [0.15, 0.2) is 6.61 Å². The van der Waals surface area contributed by atoms with Crippen molar-refractivity contribution >= 4 is 28.8 Å². The topological polar surface area (TPSA) is 68.0 Å². The van der Waals surface area contributed by atoms with Crippen LogP contribution in [0.5, 0.6) is 11.5 Å². The largest absolute Gasteiger partial charge is 0.497 e. The van der Waals surface area contributed by atoms with E-state index in [-0.39, 0.29) is 6.61 Å². The maximum Gasteiger partial charge on any atom is 0.255 e. The van der Waals surface area contributed by atoms with Gasteiger partial charge in [-0.1, -0.05) is 12.2 Å². The number of carbonyl (C=O) groups is 1. The van der Waals surface area contributed by atoms with E-state index in [1.54, 1.807) is 19.2 Å². The molecule has 0 aliphatic carbocycles. The van der Waals surface area contributed by atoms with E-state index in [1.165, 1.54) is 5.69 Å². The van der Waals surface area contributed by atoms with Gasteiger partial charge in [0.1, 0.15) is 16.5 Å². The molecule has 142 valence electrons. The van der Waals surface area contributed by atoms with Crippen LogP contribution in [-0.2, 0) is 4.79 Å². The number of ether oxygens (including phenoxy) is 2. The lowest BCUT2D eigenvalue weighted by molar-refractivity contribution is -0.119. The number of nitrogens with two attached hydrogens (primary N) is 1. The average molecular weight is 385 g/mol. The van der Waals surface area contributed by atoms with E-state index in [4.69, 9.17) is 27.4 Å². The first-order chi connectivity index (χ1) is 13.1. The summed E-state index contributed by atoms with van der Waals surface area (Å²) in [6, 6.07) is 15.6. The molecule has 1 amide bonds. The maximum absolute atomic E-state index is 10.8. The van der Waals surface area contributed by atoms with Crippen LogP contribution in [0.1, 0.15) is 5.56 Å². The SMILES string of the molecule is COc1ccc(N2CCN(C(=S)c3ccc(OCC(N)=O)cc3)CC2)cc1. The van der Waals surface area contributed by atoms with Crippen molar-refractivity contribution in [2.45, 2.75) is 0 Å². The van der Waals surface area contributed by atoms with Crippen LogP contribution in [0.15, 0.2) is 48.5 Å². The fourth-order valence-electron chi connectivity index (χ4n) is 2.99. The molecule has 1 saturated heterocycles. The van der Waals surface area contributed by atoms with Crippen molar-refractivity contribution in [3.05, 3.63) is 54.1 Å². The first kappa shape index (κ1) is 19.0.